The molecule has 2 aromatic rings. The molecular formula is C14H17BrN2O2S2. The predicted octanol–water partition coefficient (Wildman–Crippen LogP) is 3.02. The van der Waals surface area contributed by atoms with Crippen LogP contribution in [-0.2, 0) is 23.1 Å². The van der Waals surface area contributed by atoms with Crippen LogP contribution in [0, 0.1) is 6.92 Å². The Morgan fingerprint density at radius 3 is 2.67 bits per heavy atom. The van der Waals surface area contributed by atoms with Gasteiger partial charge in [0, 0.05) is 22.4 Å². The second-order valence-electron chi connectivity index (χ2n) is 4.66. The first-order chi connectivity index (χ1) is 9.92. The van der Waals surface area contributed by atoms with E-state index in [1.807, 2.05) is 38.2 Å². The first-order valence-corrected chi connectivity index (χ1v) is 9.49. The van der Waals surface area contributed by atoms with Crippen LogP contribution in [0.15, 0.2) is 39.0 Å². The van der Waals surface area contributed by atoms with E-state index < -0.39 is 10.0 Å². The lowest BCUT2D eigenvalue weighted by Gasteiger charge is -2.05. The summed E-state index contributed by atoms with van der Waals surface area (Å²) < 4.78 is 28.6. The average Bonchev–Trinajstić information content (AvgIpc) is 2.80. The Bertz CT molecular complexity index is 726. The van der Waals surface area contributed by atoms with Crippen molar-refractivity contribution in [1.82, 2.24) is 10.0 Å². The second kappa shape index (κ2) is 7.02. The van der Waals surface area contributed by atoms with Gasteiger partial charge < -0.3 is 5.32 Å². The van der Waals surface area contributed by atoms with Gasteiger partial charge in [-0.2, -0.15) is 0 Å². The third kappa shape index (κ3) is 4.37. The Balaban J connectivity index is 2.13. The van der Waals surface area contributed by atoms with E-state index in [-0.39, 0.29) is 6.54 Å². The standard InChI is InChI=1S/C14H17BrN2O2S2/c1-10-6-14(20-13(10)9-16-2)21(18,19)17-8-11-4-3-5-12(15)7-11/h3-7,16-17H,8-9H2,1-2H3. The summed E-state index contributed by atoms with van der Waals surface area (Å²) in [5.41, 5.74) is 1.91. The molecule has 0 aliphatic rings. The normalized spacial score (nSPS) is 11.8. The lowest BCUT2D eigenvalue weighted by Crippen LogP contribution is -2.22. The molecule has 7 heteroatoms. The minimum atomic E-state index is -3.47. The van der Waals surface area contributed by atoms with Crippen LogP contribution in [-0.4, -0.2) is 15.5 Å². The molecular weight excluding hydrogens is 372 g/mol. The first kappa shape index (κ1) is 16.6. The van der Waals surface area contributed by atoms with Gasteiger partial charge in [-0.25, -0.2) is 13.1 Å². The van der Waals surface area contributed by atoms with Crippen molar-refractivity contribution in [2.24, 2.45) is 0 Å². The van der Waals surface area contributed by atoms with Gasteiger partial charge in [0.2, 0.25) is 10.0 Å². The topological polar surface area (TPSA) is 58.2 Å². The molecule has 0 saturated carbocycles. The molecule has 0 atom stereocenters. The lowest BCUT2D eigenvalue weighted by molar-refractivity contribution is 0.583. The summed E-state index contributed by atoms with van der Waals surface area (Å²) in [5, 5.41) is 3.04. The molecule has 1 heterocycles. The van der Waals surface area contributed by atoms with Crippen LogP contribution in [0.2, 0.25) is 0 Å². The van der Waals surface area contributed by atoms with Crippen molar-refractivity contribution in [2.75, 3.05) is 7.05 Å². The fourth-order valence-electron chi connectivity index (χ4n) is 1.85. The molecule has 0 aliphatic carbocycles. The molecule has 0 spiro atoms. The van der Waals surface area contributed by atoms with E-state index in [4.69, 9.17) is 0 Å². The molecule has 1 aromatic carbocycles. The summed E-state index contributed by atoms with van der Waals surface area (Å²) in [5.74, 6) is 0. The Labute approximate surface area is 137 Å². The maximum atomic E-state index is 12.3. The Morgan fingerprint density at radius 1 is 1.24 bits per heavy atom. The highest BCUT2D eigenvalue weighted by atomic mass is 79.9. The number of hydrogen-bond donors (Lipinski definition) is 2. The van der Waals surface area contributed by atoms with Gasteiger partial charge in [0.15, 0.2) is 0 Å². The number of aryl methyl sites for hydroxylation is 1. The SMILES string of the molecule is CNCc1sc(S(=O)(=O)NCc2cccc(Br)c2)cc1C. The Morgan fingerprint density at radius 2 is 2.00 bits per heavy atom. The first-order valence-electron chi connectivity index (χ1n) is 6.40. The summed E-state index contributed by atoms with van der Waals surface area (Å²) in [6.07, 6.45) is 0. The number of benzene rings is 1. The van der Waals surface area contributed by atoms with E-state index in [9.17, 15) is 8.42 Å². The van der Waals surface area contributed by atoms with Crippen LogP contribution in [0.4, 0.5) is 0 Å². The highest BCUT2D eigenvalue weighted by molar-refractivity contribution is 9.10. The van der Waals surface area contributed by atoms with Crippen LogP contribution < -0.4 is 10.0 Å². The van der Waals surface area contributed by atoms with Crippen LogP contribution in [0.3, 0.4) is 0 Å². The smallest absolute Gasteiger partial charge is 0.250 e. The van der Waals surface area contributed by atoms with Crippen molar-refractivity contribution in [3.63, 3.8) is 0 Å². The second-order valence-corrected chi connectivity index (χ2v) is 8.70. The van der Waals surface area contributed by atoms with Crippen molar-refractivity contribution in [3.8, 4) is 0 Å². The molecule has 2 N–H and O–H groups in total. The van der Waals surface area contributed by atoms with Crippen molar-refractivity contribution in [2.45, 2.75) is 24.2 Å². The largest absolute Gasteiger partial charge is 0.315 e. The molecule has 0 unspecified atom stereocenters. The molecule has 0 aliphatic heterocycles. The Kier molecular flexibility index (Phi) is 5.56. The summed E-state index contributed by atoms with van der Waals surface area (Å²) in [4.78, 5) is 1.04. The van der Waals surface area contributed by atoms with Gasteiger partial charge in [-0.1, -0.05) is 28.1 Å². The van der Waals surface area contributed by atoms with Gasteiger partial charge in [0.25, 0.3) is 0 Å². The molecule has 0 saturated heterocycles. The Hall–Kier alpha value is -0.730. The van der Waals surface area contributed by atoms with E-state index >= 15 is 0 Å². The molecule has 0 radical (unpaired) electrons. The zero-order valence-electron chi connectivity index (χ0n) is 11.8. The number of rotatable bonds is 6. The zero-order valence-corrected chi connectivity index (χ0v) is 15.0. The molecule has 0 fully saturated rings. The van der Waals surface area contributed by atoms with Gasteiger partial charge >= 0.3 is 0 Å². The molecule has 114 valence electrons. The molecule has 2 rings (SSSR count). The molecule has 4 nitrogen and oxygen atoms in total. The fourth-order valence-corrected chi connectivity index (χ4v) is 4.96. The van der Waals surface area contributed by atoms with E-state index in [1.54, 1.807) is 6.07 Å². The third-order valence-electron chi connectivity index (χ3n) is 2.96. The van der Waals surface area contributed by atoms with Crippen molar-refractivity contribution < 1.29 is 8.42 Å². The van der Waals surface area contributed by atoms with E-state index in [0.29, 0.717) is 10.8 Å². The maximum absolute atomic E-state index is 12.3. The number of nitrogens with one attached hydrogen (secondary N) is 2. The maximum Gasteiger partial charge on any atom is 0.250 e. The van der Waals surface area contributed by atoms with Gasteiger partial charge in [-0.15, -0.1) is 11.3 Å². The van der Waals surface area contributed by atoms with Gasteiger partial charge in [-0.05, 0) is 43.3 Å². The van der Waals surface area contributed by atoms with Crippen molar-refractivity contribution in [1.29, 1.82) is 0 Å². The van der Waals surface area contributed by atoms with E-state index in [2.05, 4.69) is 26.0 Å². The third-order valence-corrected chi connectivity index (χ3v) is 6.56. The summed E-state index contributed by atoms with van der Waals surface area (Å²) in [6.45, 7) is 2.88. The highest BCUT2D eigenvalue weighted by Gasteiger charge is 2.18. The van der Waals surface area contributed by atoms with Gasteiger partial charge in [0.05, 0.1) is 0 Å². The molecule has 21 heavy (non-hydrogen) atoms. The monoisotopic (exact) mass is 388 g/mol. The van der Waals surface area contributed by atoms with Crippen LogP contribution in [0.1, 0.15) is 16.0 Å². The number of thiophene rings is 1. The van der Waals surface area contributed by atoms with Crippen molar-refractivity contribution in [3.05, 3.63) is 50.8 Å². The van der Waals surface area contributed by atoms with Crippen molar-refractivity contribution >= 4 is 37.3 Å². The zero-order chi connectivity index (χ0) is 15.5. The molecule has 0 amide bonds. The summed E-state index contributed by atoms with van der Waals surface area (Å²) >= 11 is 4.68. The predicted molar refractivity (Wildman–Crippen MR) is 90.0 cm³/mol. The van der Waals surface area contributed by atoms with Crippen LogP contribution in [0.5, 0.6) is 0 Å². The lowest BCUT2D eigenvalue weighted by atomic mass is 10.2. The number of hydrogen-bond acceptors (Lipinski definition) is 4. The number of halogens is 1. The van der Waals surface area contributed by atoms with E-state index in [1.165, 1.54) is 11.3 Å². The summed E-state index contributed by atoms with van der Waals surface area (Å²) in [7, 11) is -1.62. The number of sulfonamides is 1. The minimum absolute atomic E-state index is 0.278. The minimum Gasteiger partial charge on any atom is -0.315 e. The van der Waals surface area contributed by atoms with E-state index in [0.717, 1.165) is 20.5 Å². The highest BCUT2D eigenvalue weighted by Crippen LogP contribution is 2.26. The molecule has 0 bridgehead atoms. The van der Waals surface area contributed by atoms with Crippen LogP contribution >= 0.6 is 27.3 Å². The quantitative estimate of drug-likeness (QED) is 0.799. The summed E-state index contributed by atoms with van der Waals surface area (Å²) in [6, 6.07) is 9.30. The van der Waals surface area contributed by atoms with Gasteiger partial charge in [0.1, 0.15) is 4.21 Å². The van der Waals surface area contributed by atoms with Crippen LogP contribution in [0.25, 0.3) is 0 Å². The molecule has 1 aromatic heterocycles. The average molecular weight is 389 g/mol. The van der Waals surface area contributed by atoms with Gasteiger partial charge in [-0.3, -0.25) is 0 Å². The fraction of sp³-hybridized carbons (Fsp3) is 0.286.